The summed E-state index contributed by atoms with van der Waals surface area (Å²) in [7, 11) is 0. The van der Waals surface area contributed by atoms with E-state index in [0.717, 1.165) is 22.3 Å². The van der Waals surface area contributed by atoms with E-state index in [2.05, 4.69) is 5.43 Å². The summed E-state index contributed by atoms with van der Waals surface area (Å²) in [6.07, 6.45) is 1.63. The van der Waals surface area contributed by atoms with E-state index in [1.54, 1.807) is 36.4 Å². The molecule has 0 spiro atoms. The number of thiocarbonyl (C=S) groups is 1. The molecule has 0 bridgehead atoms. The van der Waals surface area contributed by atoms with Gasteiger partial charge in [-0.25, -0.2) is 0 Å². The number of carbonyl (C=O) groups excluding carboxylic acids is 2. The number of hydrogen-bond donors (Lipinski definition) is 2. The minimum atomic E-state index is -0.532. The predicted molar refractivity (Wildman–Crippen MR) is 131 cm³/mol. The van der Waals surface area contributed by atoms with Crippen LogP contribution in [0.25, 0.3) is 6.08 Å². The standard InChI is InChI=1S/C20H16ClIN2O4S2/c1-3-28-15-8-11(7-14(22)17(15)25)9-16-19(27)24(20(29)30-16)23-18(26)12-5-4-10(2)6-13(12)21/h4-9,25H,3H2,1-2H3,(H,23,26)/b16-9+. The van der Waals surface area contributed by atoms with Crippen molar-refractivity contribution in [1.29, 1.82) is 0 Å². The lowest BCUT2D eigenvalue weighted by Crippen LogP contribution is -2.44. The second-order valence-electron chi connectivity index (χ2n) is 6.22. The molecule has 1 aliphatic heterocycles. The number of aryl methyl sites for hydroxylation is 1. The molecular formula is C20H16ClIN2O4S2. The van der Waals surface area contributed by atoms with Gasteiger partial charge in [0.05, 0.1) is 25.7 Å². The van der Waals surface area contributed by atoms with Gasteiger partial charge in [-0.3, -0.25) is 15.0 Å². The Morgan fingerprint density at radius 3 is 2.80 bits per heavy atom. The van der Waals surface area contributed by atoms with Crippen LogP contribution in [0.5, 0.6) is 11.5 Å². The summed E-state index contributed by atoms with van der Waals surface area (Å²) in [4.78, 5) is 25.7. The molecule has 0 saturated carbocycles. The first-order valence-electron chi connectivity index (χ1n) is 8.71. The highest BCUT2D eigenvalue weighted by Crippen LogP contribution is 2.36. The van der Waals surface area contributed by atoms with Gasteiger partial charge in [0, 0.05) is 0 Å². The fourth-order valence-electron chi connectivity index (χ4n) is 2.62. The molecule has 10 heteroatoms. The van der Waals surface area contributed by atoms with E-state index in [1.165, 1.54) is 0 Å². The van der Waals surface area contributed by atoms with E-state index < -0.39 is 11.8 Å². The summed E-state index contributed by atoms with van der Waals surface area (Å²) in [5.41, 5.74) is 4.34. The van der Waals surface area contributed by atoms with Crippen molar-refractivity contribution < 1.29 is 19.4 Å². The Kier molecular flexibility index (Phi) is 7.27. The molecule has 0 radical (unpaired) electrons. The van der Waals surface area contributed by atoms with Crippen molar-refractivity contribution in [2.45, 2.75) is 13.8 Å². The third-order valence-electron chi connectivity index (χ3n) is 4.02. The first-order chi connectivity index (χ1) is 14.2. The number of phenolic OH excluding ortho intramolecular Hbond substituents is 1. The number of aromatic hydroxyl groups is 1. The molecule has 0 unspecified atom stereocenters. The Bertz CT molecular complexity index is 1090. The molecule has 2 N–H and O–H groups in total. The average Bonchev–Trinajstić information content (AvgIpc) is 2.93. The average molecular weight is 575 g/mol. The zero-order valence-corrected chi connectivity index (χ0v) is 20.4. The van der Waals surface area contributed by atoms with Gasteiger partial charge < -0.3 is 9.84 Å². The van der Waals surface area contributed by atoms with Crippen LogP contribution in [0.4, 0.5) is 0 Å². The van der Waals surface area contributed by atoms with Gasteiger partial charge in [-0.15, -0.1) is 0 Å². The maximum atomic E-state index is 12.8. The molecule has 0 aliphatic carbocycles. The van der Waals surface area contributed by atoms with Crippen molar-refractivity contribution in [1.82, 2.24) is 10.4 Å². The summed E-state index contributed by atoms with van der Waals surface area (Å²) in [5.74, 6) is -0.615. The van der Waals surface area contributed by atoms with E-state index >= 15 is 0 Å². The fraction of sp³-hybridized carbons (Fsp3) is 0.150. The van der Waals surface area contributed by atoms with Crippen LogP contribution in [0.3, 0.4) is 0 Å². The molecule has 3 rings (SSSR count). The van der Waals surface area contributed by atoms with Gasteiger partial charge in [0.25, 0.3) is 11.8 Å². The van der Waals surface area contributed by atoms with Crippen molar-refractivity contribution in [2.75, 3.05) is 6.61 Å². The van der Waals surface area contributed by atoms with Crippen LogP contribution in [0, 0.1) is 10.5 Å². The quantitative estimate of drug-likeness (QED) is 0.300. The van der Waals surface area contributed by atoms with Crippen molar-refractivity contribution in [3.05, 3.63) is 60.5 Å². The normalized spacial score (nSPS) is 15.1. The van der Waals surface area contributed by atoms with Gasteiger partial charge in [-0.05, 0) is 90.1 Å². The summed E-state index contributed by atoms with van der Waals surface area (Å²) < 4.78 is 6.21. The van der Waals surface area contributed by atoms with Crippen molar-refractivity contribution in [3.8, 4) is 11.5 Å². The van der Waals surface area contributed by atoms with Gasteiger partial charge in [-0.2, -0.15) is 5.01 Å². The Morgan fingerprint density at radius 1 is 1.40 bits per heavy atom. The van der Waals surface area contributed by atoms with E-state index in [9.17, 15) is 14.7 Å². The molecule has 1 heterocycles. The molecule has 1 saturated heterocycles. The minimum absolute atomic E-state index is 0.0457. The summed E-state index contributed by atoms with van der Waals surface area (Å²) in [6.45, 7) is 4.07. The molecular weight excluding hydrogens is 559 g/mol. The first-order valence-corrected chi connectivity index (χ1v) is 11.4. The lowest BCUT2D eigenvalue weighted by Gasteiger charge is -2.16. The van der Waals surface area contributed by atoms with E-state index in [4.69, 9.17) is 28.6 Å². The van der Waals surface area contributed by atoms with Crippen molar-refractivity contribution in [3.63, 3.8) is 0 Å². The molecule has 1 aliphatic rings. The van der Waals surface area contributed by atoms with Crippen molar-refractivity contribution in [2.24, 2.45) is 0 Å². The molecule has 2 aromatic carbocycles. The fourth-order valence-corrected chi connectivity index (χ4v) is 4.75. The predicted octanol–water partition coefficient (Wildman–Crippen LogP) is 4.90. The first kappa shape index (κ1) is 22.9. The highest BCUT2D eigenvalue weighted by atomic mass is 127. The summed E-state index contributed by atoms with van der Waals surface area (Å²) in [6, 6.07) is 8.37. The molecule has 6 nitrogen and oxygen atoms in total. The maximum absolute atomic E-state index is 12.8. The number of hydrazine groups is 1. The smallest absolute Gasteiger partial charge is 0.285 e. The number of rotatable bonds is 5. The maximum Gasteiger partial charge on any atom is 0.285 e. The molecule has 0 aromatic heterocycles. The second kappa shape index (κ2) is 9.54. The van der Waals surface area contributed by atoms with Crippen LogP contribution in [-0.4, -0.2) is 32.9 Å². The van der Waals surface area contributed by atoms with Crippen LogP contribution in [-0.2, 0) is 4.79 Å². The molecule has 156 valence electrons. The van der Waals surface area contributed by atoms with Crippen molar-refractivity contribution >= 4 is 80.4 Å². The van der Waals surface area contributed by atoms with Crippen LogP contribution in [0.15, 0.2) is 35.2 Å². The highest BCUT2D eigenvalue weighted by molar-refractivity contribution is 14.1. The largest absolute Gasteiger partial charge is 0.504 e. The third-order valence-corrected chi connectivity index (χ3v) is 6.46. The monoisotopic (exact) mass is 574 g/mol. The minimum Gasteiger partial charge on any atom is -0.504 e. The summed E-state index contributed by atoms with van der Waals surface area (Å²) >= 11 is 14.5. The molecule has 2 aromatic rings. The highest BCUT2D eigenvalue weighted by Gasteiger charge is 2.34. The van der Waals surface area contributed by atoms with Crippen LogP contribution < -0.4 is 10.2 Å². The zero-order valence-electron chi connectivity index (χ0n) is 15.9. The van der Waals surface area contributed by atoms with Gasteiger partial charge in [0.15, 0.2) is 15.8 Å². The Labute approximate surface area is 201 Å². The Hall–Kier alpha value is -1.82. The van der Waals surface area contributed by atoms with E-state index in [1.807, 2.05) is 36.4 Å². The van der Waals surface area contributed by atoms with Crippen LogP contribution in [0.1, 0.15) is 28.4 Å². The number of halogens is 2. The van der Waals surface area contributed by atoms with Gasteiger partial charge in [-0.1, -0.05) is 29.4 Å². The number of nitrogens with zero attached hydrogens (tertiary/aromatic N) is 1. The summed E-state index contributed by atoms with van der Waals surface area (Å²) in [5, 5.41) is 11.4. The number of benzene rings is 2. The SMILES string of the molecule is CCOc1cc(/C=C2/SC(=S)N(NC(=O)c3ccc(C)cc3Cl)C2=O)cc(I)c1O. The number of phenols is 1. The molecule has 2 amide bonds. The van der Waals surface area contributed by atoms with Gasteiger partial charge in [0.2, 0.25) is 0 Å². The molecule has 0 atom stereocenters. The number of nitrogens with one attached hydrogen (secondary N) is 1. The zero-order chi connectivity index (χ0) is 22.0. The molecule has 1 fully saturated rings. The van der Waals surface area contributed by atoms with Crippen LogP contribution >= 0.6 is 58.2 Å². The number of amides is 2. The Balaban J connectivity index is 1.83. The number of thioether (sulfide) groups is 1. The van der Waals surface area contributed by atoms with Gasteiger partial charge in [0.1, 0.15) is 0 Å². The van der Waals surface area contributed by atoms with E-state index in [0.29, 0.717) is 26.4 Å². The number of hydrogen-bond acceptors (Lipinski definition) is 6. The number of carbonyl (C=O) groups is 2. The molecule has 30 heavy (non-hydrogen) atoms. The lowest BCUT2D eigenvalue weighted by atomic mass is 10.1. The van der Waals surface area contributed by atoms with Gasteiger partial charge >= 0.3 is 0 Å². The topological polar surface area (TPSA) is 78.9 Å². The third kappa shape index (κ3) is 4.90. The second-order valence-corrected chi connectivity index (χ2v) is 9.47. The lowest BCUT2D eigenvalue weighted by molar-refractivity contribution is -0.123. The van der Waals surface area contributed by atoms with Crippen LogP contribution in [0.2, 0.25) is 5.02 Å². The Morgan fingerprint density at radius 2 is 2.13 bits per heavy atom. The van der Waals surface area contributed by atoms with E-state index in [-0.39, 0.29) is 20.7 Å². The number of ether oxygens (including phenoxy) is 1.